The molecule has 1 aliphatic rings. The molecule has 0 radical (unpaired) electrons. The van der Waals surface area contributed by atoms with Crippen LogP contribution < -0.4 is 0 Å². The molecule has 1 aromatic rings. The van der Waals surface area contributed by atoms with Crippen LogP contribution in [0, 0.1) is 27.9 Å². The molecule has 0 saturated heterocycles. The lowest BCUT2D eigenvalue weighted by molar-refractivity contribution is -0.385. The first-order chi connectivity index (χ1) is 10.7. The van der Waals surface area contributed by atoms with E-state index in [1.807, 2.05) is 0 Å². The van der Waals surface area contributed by atoms with Crippen molar-refractivity contribution < 1.29 is 14.4 Å². The molecular formula is C17H21NO4. The van der Waals surface area contributed by atoms with E-state index in [2.05, 4.69) is 11.8 Å². The third-order valence-corrected chi connectivity index (χ3v) is 3.94. The minimum Gasteiger partial charge on any atom is -0.352 e. The molecule has 0 aliphatic heterocycles. The molecule has 0 heterocycles. The third-order valence-electron chi connectivity index (χ3n) is 3.94. The van der Waals surface area contributed by atoms with Gasteiger partial charge in [0, 0.05) is 43.4 Å². The molecule has 1 aromatic carbocycles. The number of nitro benzene ring substituents is 1. The van der Waals surface area contributed by atoms with Gasteiger partial charge in [0.15, 0.2) is 6.29 Å². The number of ether oxygens (including phenoxy) is 2. The number of benzene rings is 1. The minimum absolute atomic E-state index is 0.0114. The fraction of sp³-hybridized carbons (Fsp3) is 0.529. The summed E-state index contributed by atoms with van der Waals surface area (Å²) < 4.78 is 10.5. The van der Waals surface area contributed by atoms with Gasteiger partial charge in [0.2, 0.25) is 0 Å². The second-order valence-corrected chi connectivity index (χ2v) is 5.44. The predicted octanol–water partition coefficient (Wildman–Crippen LogP) is 3.82. The van der Waals surface area contributed by atoms with Gasteiger partial charge in [0.05, 0.1) is 4.92 Å². The van der Waals surface area contributed by atoms with E-state index in [0.29, 0.717) is 11.5 Å². The van der Waals surface area contributed by atoms with Crippen molar-refractivity contribution in [1.82, 2.24) is 0 Å². The van der Waals surface area contributed by atoms with Gasteiger partial charge in [-0.3, -0.25) is 10.1 Å². The van der Waals surface area contributed by atoms with Gasteiger partial charge in [-0.25, -0.2) is 0 Å². The maximum atomic E-state index is 11.0. The van der Waals surface area contributed by atoms with Gasteiger partial charge < -0.3 is 9.47 Å². The lowest BCUT2D eigenvalue weighted by atomic mass is 9.89. The first kappa shape index (κ1) is 16.5. The van der Waals surface area contributed by atoms with Crippen molar-refractivity contribution in [2.24, 2.45) is 5.92 Å². The SMILES string of the molecule is COC(OC)c1cc([N+](=O)[O-])ccc1C#CC1CCCCC1. The van der Waals surface area contributed by atoms with Gasteiger partial charge in [-0.1, -0.05) is 31.1 Å². The van der Waals surface area contributed by atoms with E-state index in [-0.39, 0.29) is 5.69 Å². The second-order valence-electron chi connectivity index (χ2n) is 5.44. The average molecular weight is 303 g/mol. The molecule has 0 spiro atoms. The fourth-order valence-electron chi connectivity index (χ4n) is 2.75. The molecule has 22 heavy (non-hydrogen) atoms. The van der Waals surface area contributed by atoms with Crippen LogP contribution in [0.4, 0.5) is 5.69 Å². The summed E-state index contributed by atoms with van der Waals surface area (Å²) in [5, 5.41) is 11.0. The van der Waals surface area contributed by atoms with E-state index in [0.717, 1.165) is 18.4 Å². The van der Waals surface area contributed by atoms with Crippen LogP contribution in [0.15, 0.2) is 18.2 Å². The van der Waals surface area contributed by atoms with Crippen molar-refractivity contribution in [3.8, 4) is 11.8 Å². The minimum atomic E-state index is -0.657. The average Bonchev–Trinajstić information content (AvgIpc) is 2.55. The van der Waals surface area contributed by atoms with Crippen LogP contribution in [0.2, 0.25) is 0 Å². The summed E-state index contributed by atoms with van der Waals surface area (Å²) in [6.07, 6.45) is 5.35. The summed E-state index contributed by atoms with van der Waals surface area (Å²) in [7, 11) is 3.01. The standard InChI is InChI=1S/C17H21NO4/c1-21-17(22-2)16-12-15(18(19)20)11-10-14(16)9-8-13-6-4-3-5-7-13/h10-13,17H,3-7H2,1-2H3. The van der Waals surface area contributed by atoms with Gasteiger partial charge in [-0.05, 0) is 18.9 Å². The van der Waals surface area contributed by atoms with Crippen LogP contribution in [0.5, 0.6) is 0 Å². The molecule has 5 heteroatoms. The second kappa shape index (κ2) is 7.92. The molecule has 0 amide bonds. The number of hydrogen-bond acceptors (Lipinski definition) is 4. The summed E-state index contributed by atoms with van der Waals surface area (Å²) in [4.78, 5) is 10.5. The Hall–Kier alpha value is -1.90. The van der Waals surface area contributed by atoms with Crippen LogP contribution in [-0.2, 0) is 9.47 Å². The number of nitro groups is 1. The summed E-state index contributed by atoms with van der Waals surface area (Å²) >= 11 is 0. The first-order valence-corrected chi connectivity index (χ1v) is 7.51. The Morgan fingerprint density at radius 2 is 1.91 bits per heavy atom. The molecule has 5 nitrogen and oxygen atoms in total. The predicted molar refractivity (Wildman–Crippen MR) is 83.3 cm³/mol. The smallest absolute Gasteiger partial charge is 0.269 e. The lowest BCUT2D eigenvalue weighted by Gasteiger charge is -2.17. The van der Waals surface area contributed by atoms with E-state index in [1.165, 1.54) is 45.6 Å². The molecular weight excluding hydrogens is 282 g/mol. The van der Waals surface area contributed by atoms with Gasteiger partial charge in [0.25, 0.3) is 5.69 Å². The van der Waals surface area contributed by atoms with Crippen molar-refractivity contribution in [3.05, 3.63) is 39.4 Å². The highest BCUT2D eigenvalue weighted by molar-refractivity contribution is 5.48. The summed E-state index contributed by atoms with van der Waals surface area (Å²) in [5.74, 6) is 6.88. The van der Waals surface area contributed by atoms with E-state index in [4.69, 9.17) is 9.47 Å². The van der Waals surface area contributed by atoms with Crippen LogP contribution in [0.25, 0.3) is 0 Å². The molecule has 1 fully saturated rings. The fourth-order valence-corrected chi connectivity index (χ4v) is 2.75. The van der Waals surface area contributed by atoms with Crippen molar-refractivity contribution in [2.75, 3.05) is 14.2 Å². The highest BCUT2D eigenvalue weighted by Crippen LogP contribution is 2.27. The third kappa shape index (κ3) is 4.06. The Morgan fingerprint density at radius 1 is 1.23 bits per heavy atom. The quantitative estimate of drug-likeness (QED) is 0.367. The normalized spacial score (nSPS) is 15.4. The lowest BCUT2D eigenvalue weighted by Crippen LogP contribution is -2.07. The maximum absolute atomic E-state index is 11.0. The number of nitrogens with zero attached hydrogens (tertiary/aromatic N) is 1. The summed E-state index contributed by atoms with van der Waals surface area (Å²) in [5.41, 5.74) is 1.34. The zero-order valence-corrected chi connectivity index (χ0v) is 13.0. The molecule has 0 unspecified atom stereocenters. The Kier molecular flexibility index (Phi) is 5.93. The molecule has 0 bridgehead atoms. The zero-order chi connectivity index (χ0) is 15.9. The molecule has 1 aliphatic carbocycles. The van der Waals surface area contributed by atoms with Crippen LogP contribution >= 0.6 is 0 Å². The van der Waals surface area contributed by atoms with Gasteiger partial charge in [0.1, 0.15) is 0 Å². The Labute approximate surface area is 130 Å². The molecule has 0 atom stereocenters. The number of rotatable bonds is 4. The van der Waals surface area contributed by atoms with Crippen LogP contribution in [0.1, 0.15) is 49.5 Å². The Morgan fingerprint density at radius 3 is 2.50 bits per heavy atom. The zero-order valence-electron chi connectivity index (χ0n) is 13.0. The highest BCUT2D eigenvalue weighted by atomic mass is 16.7. The monoisotopic (exact) mass is 303 g/mol. The number of non-ortho nitro benzene ring substituents is 1. The highest BCUT2D eigenvalue weighted by Gasteiger charge is 2.18. The topological polar surface area (TPSA) is 61.6 Å². The number of hydrogen-bond donors (Lipinski definition) is 0. The van der Waals surface area contributed by atoms with E-state index in [1.54, 1.807) is 6.07 Å². The largest absolute Gasteiger partial charge is 0.352 e. The van der Waals surface area contributed by atoms with Crippen molar-refractivity contribution in [1.29, 1.82) is 0 Å². The molecule has 0 aromatic heterocycles. The Balaban J connectivity index is 2.32. The van der Waals surface area contributed by atoms with Gasteiger partial charge >= 0.3 is 0 Å². The van der Waals surface area contributed by atoms with Crippen molar-refractivity contribution in [3.63, 3.8) is 0 Å². The Bertz CT molecular complexity index is 578. The van der Waals surface area contributed by atoms with Crippen molar-refractivity contribution in [2.45, 2.75) is 38.4 Å². The van der Waals surface area contributed by atoms with E-state index < -0.39 is 11.2 Å². The molecule has 0 N–H and O–H groups in total. The first-order valence-electron chi connectivity index (χ1n) is 7.51. The van der Waals surface area contributed by atoms with Crippen molar-refractivity contribution >= 4 is 5.69 Å². The van der Waals surface area contributed by atoms with Gasteiger partial charge in [-0.15, -0.1) is 0 Å². The van der Waals surface area contributed by atoms with Crippen LogP contribution in [-0.4, -0.2) is 19.1 Å². The van der Waals surface area contributed by atoms with E-state index >= 15 is 0 Å². The number of methoxy groups -OCH3 is 2. The summed E-state index contributed by atoms with van der Waals surface area (Å²) in [6, 6.07) is 4.62. The maximum Gasteiger partial charge on any atom is 0.269 e. The van der Waals surface area contributed by atoms with Gasteiger partial charge in [-0.2, -0.15) is 0 Å². The molecule has 118 valence electrons. The van der Waals surface area contributed by atoms with Crippen LogP contribution in [0.3, 0.4) is 0 Å². The molecule has 2 rings (SSSR count). The summed E-state index contributed by atoms with van der Waals surface area (Å²) in [6.45, 7) is 0. The van der Waals surface area contributed by atoms with E-state index in [9.17, 15) is 10.1 Å². The molecule has 1 saturated carbocycles.